The van der Waals surface area contributed by atoms with E-state index in [2.05, 4.69) is 136 Å². The van der Waals surface area contributed by atoms with Crippen LogP contribution in [0.5, 0.6) is 0 Å². The van der Waals surface area contributed by atoms with Crippen LogP contribution in [0.25, 0.3) is 54.6 Å². The molecule has 0 aliphatic heterocycles. The van der Waals surface area contributed by atoms with Crippen molar-refractivity contribution in [2.24, 2.45) is 0 Å². The summed E-state index contributed by atoms with van der Waals surface area (Å²) in [5.74, 6) is -0.705. The van der Waals surface area contributed by atoms with Crippen molar-refractivity contribution in [3.63, 3.8) is 0 Å². The molecule has 10 aromatic carbocycles. The van der Waals surface area contributed by atoms with Gasteiger partial charge in [0.15, 0.2) is 0 Å². The fourth-order valence-corrected chi connectivity index (χ4v) is 8.63. The molecule has 0 heterocycles. The lowest BCUT2D eigenvalue weighted by Gasteiger charge is -2.32. The Morgan fingerprint density at radius 1 is 0.350 bits per heavy atom. The van der Waals surface area contributed by atoms with Crippen LogP contribution in [0.15, 0.2) is 200 Å². The number of nitrogens with zero attached hydrogens (tertiary/aromatic N) is 2. The molecule has 0 N–H and O–H groups in total. The van der Waals surface area contributed by atoms with E-state index in [4.69, 9.17) is 0 Å². The molecule has 0 atom stereocenters. The second-order valence-electron chi connectivity index (χ2n) is 16.5. The minimum Gasteiger partial charge on any atom is -0.307 e. The fourth-order valence-electron chi connectivity index (χ4n) is 8.63. The number of para-hydroxylation sites is 2. The number of benzene rings is 10. The van der Waals surface area contributed by atoms with Gasteiger partial charge in [0.1, 0.15) is 11.6 Å². The number of rotatable bonds is 8. The molecule has 0 unspecified atom stereocenters. The van der Waals surface area contributed by atoms with Crippen LogP contribution in [0.4, 0.5) is 42.9 Å². The highest BCUT2D eigenvalue weighted by molar-refractivity contribution is 6.29. The normalized spacial score (nSPS) is 11.8. The van der Waals surface area contributed by atoms with Gasteiger partial charge in [0.05, 0.1) is 22.7 Å². The molecule has 0 amide bonds. The Balaban J connectivity index is 1.29. The molecule has 10 aromatic rings. The van der Waals surface area contributed by atoms with Gasteiger partial charge in [-0.15, -0.1) is 0 Å². The second-order valence-corrected chi connectivity index (χ2v) is 16.5. The summed E-state index contributed by atoms with van der Waals surface area (Å²) in [5, 5.41) is 6.29. The SMILES string of the molecule is CC(C)(C)c1cc2ccc3c(N(c4ccc(-c5ccccc5)cc4)c4ccccc4F)cc(N(c4ccc(-c5ccccc5)cc4)c4ccccc4F)c4ccc(c1)c2c34. The van der Waals surface area contributed by atoms with E-state index in [1.54, 1.807) is 12.1 Å². The summed E-state index contributed by atoms with van der Waals surface area (Å²) in [5.41, 5.74) is 9.43. The van der Waals surface area contributed by atoms with E-state index in [1.807, 2.05) is 70.5 Å². The Kier molecular flexibility index (Phi) is 9.14. The summed E-state index contributed by atoms with van der Waals surface area (Å²) < 4.78 is 32.9. The molecule has 0 aliphatic rings. The van der Waals surface area contributed by atoms with Crippen LogP contribution in [0, 0.1) is 11.6 Å². The Bertz CT molecular complexity index is 2930. The topological polar surface area (TPSA) is 6.48 Å². The molecule has 4 heteroatoms. The van der Waals surface area contributed by atoms with Gasteiger partial charge in [0, 0.05) is 27.5 Å². The highest BCUT2D eigenvalue weighted by Crippen LogP contribution is 2.51. The van der Waals surface area contributed by atoms with Crippen molar-refractivity contribution in [1.82, 2.24) is 0 Å². The lowest BCUT2D eigenvalue weighted by atomic mass is 9.83. The van der Waals surface area contributed by atoms with Gasteiger partial charge < -0.3 is 9.80 Å². The lowest BCUT2D eigenvalue weighted by Crippen LogP contribution is -2.16. The maximum absolute atomic E-state index is 16.4. The molecule has 10 rings (SSSR count). The van der Waals surface area contributed by atoms with E-state index < -0.39 is 0 Å². The van der Waals surface area contributed by atoms with E-state index in [0.717, 1.165) is 77.3 Å². The molecular formula is C56H42F2N2. The van der Waals surface area contributed by atoms with Crippen LogP contribution in [0.2, 0.25) is 0 Å². The van der Waals surface area contributed by atoms with Crippen molar-refractivity contribution < 1.29 is 8.78 Å². The predicted octanol–water partition coefficient (Wildman–Crippen LogP) is 16.4. The predicted molar refractivity (Wildman–Crippen MR) is 249 cm³/mol. The molecule has 2 nitrogen and oxygen atoms in total. The second kappa shape index (κ2) is 14.8. The van der Waals surface area contributed by atoms with Gasteiger partial charge >= 0.3 is 0 Å². The average Bonchev–Trinajstić information content (AvgIpc) is 3.28. The maximum Gasteiger partial charge on any atom is 0.147 e. The van der Waals surface area contributed by atoms with Crippen LogP contribution in [-0.4, -0.2) is 0 Å². The third-order valence-electron chi connectivity index (χ3n) is 11.7. The summed E-state index contributed by atoms with van der Waals surface area (Å²) in [6, 6.07) is 66.3. The number of anilines is 6. The lowest BCUT2D eigenvalue weighted by molar-refractivity contribution is 0.591. The van der Waals surface area contributed by atoms with Crippen LogP contribution in [0.1, 0.15) is 26.3 Å². The third kappa shape index (κ3) is 6.51. The zero-order valence-corrected chi connectivity index (χ0v) is 33.7. The van der Waals surface area contributed by atoms with Gasteiger partial charge in [-0.25, -0.2) is 8.78 Å². The van der Waals surface area contributed by atoms with Crippen molar-refractivity contribution in [3.8, 4) is 22.3 Å². The minimum absolute atomic E-state index is 0.0676. The molecule has 0 fully saturated rings. The summed E-state index contributed by atoms with van der Waals surface area (Å²) in [4.78, 5) is 4.02. The molecule has 290 valence electrons. The first kappa shape index (κ1) is 37.0. The molecule has 0 saturated heterocycles. The molecule has 0 spiro atoms. The zero-order chi connectivity index (χ0) is 41.0. The van der Waals surface area contributed by atoms with Gasteiger partial charge in [0.2, 0.25) is 0 Å². The summed E-state index contributed by atoms with van der Waals surface area (Å²) in [7, 11) is 0. The Morgan fingerprint density at radius 2 is 0.733 bits per heavy atom. The van der Waals surface area contributed by atoms with E-state index in [0.29, 0.717) is 11.4 Å². The van der Waals surface area contributed by atoms with Crippen LogP contribution in [0.3, 0.4) is 0 Å². The highest BCUT2D eigenvalue weighted by Gasteiger charge is 2.27. The number of halogens is 2. The van der Waals surface area contributed by atoms with Crippen molar-refractivity contribution >= 4 is 66.4 Å². The van der Waals surface area contributed by atoms with Crippen LogP contribution < -0.4 is 9.80 Å². The average molecular weight is 781 g/mol. The molecule has 0 radical (unpaired) electrons. The zero-order valence-electron chi connectivity index (χ0n) is 33.7. The van der Waals surface area contributed by atoms with Gasteiger partial charge in [-0.1, -0.05) is 166 Å². The first-order chi connectivity index (χ1) is 29.2. The van der Waals surface area contributed by atoms with E-state index in [-0.39, 0.29) is 17.0 Å². The van der Waals surface area contributed by atoms with Crippen LogP contribution in [-0.2, 0) is 5.41 Å². The van der Waals surface area contributed by atoms with E-state index in [9.17, 15) is 0 Å². The monoisotopic (exact) mass is 780 g/mol. The number of hydrogen-bond acceptors (Lipinski definition) is 2. The minimum atomic E-state index is -0.353. The molecule has 0 bridgehead atoms. The summed E-state index contributed by atoms with van der Waals surface area (Å²) >= 11 is 0. The maximum atomic E-state index is 16.4. The summed E-state index contributed by atoms with van der Waals surface area (Å²) in [6.45, 7) is 6.71. The van der Waals surface area contributed by atoms with Crippen molar-refractivity contribution in [2.75, 3.05) is 9.80 Å². The highest BCUT2D eigenvalue weighted by atomic mass is 19.1. The molecule has 0 aromatic heterocycles. The van der Waals surface area contributed by atoms with Crippen molar-refractivity contribution in [2.45, 2.75) is 26.2 Å². The quantitative estimate of drug-likeness (QED) is 0.142. The van der Waals surface area contributed by atoms with Crippen molar-refractivity contribution in [3.05, 3.63) is 217 Å². The van der Waals surface area contributed by atoms with Crippen LogP contribution >= 0.6 is 0 Å². The Morgan fingerprint density at radius 3 is 1.13 bits per heavy atom. The Hall–Kier alpha value is -7.30. The van der Waals surface area contributed by atoms with Gasteiger partial charge in [0.25, 0.3) is 0 Å². The van der Waals surface area contributed by atoms with E-state index in [1.165, 1.54) is 17.7 Å². The first-order valence-electron chi connectivity index (χ1n) is 20.4. The smallest absolute Gasteiger partial charge is 0.147 e. The largest absolute Gasteiger partial charge is 0.307 e. The third-order valence-corrected chi connectivity index (χ3v) is 11.7. The van der Waals surface area contributed by atoms with Gasteiger partial charge in [-0.3, -0.25) is 0 Å². The first-order valence-corrected chi connectivity index (χ1v) is 20.4. The fraction of sp³-hybridized carbons (Fsp3) is 0.0714. The molecular weight excluding hydrogens is 739 g/mol. The Labute approximate surface area is 349 Å². The standard InChI is InChI=1S/C56H42F2N2/c1-56(2,3)43-34-41-26-32-46-52(59(50-20-12-10-18-48(50)57)44-28-22-39(23-29-44)37-14-6-4-7-15-37)36-53(47-33-27-42(35-43)54(41)55(46)47)60(51-21-13-11-19-49(51)58)45-30-24-40(25-31-45)38-16-8-5-9-17-38/h4-36H,1-3H3. The molecule has 60 heavy (non-hydrogen) atoms. The van der Waals surface area contributed by atoms with E-state index >= 15 is 8.78 Å². The van der Waals surface area contributed by atoms with Gasteiger partial charge in [-0.2, -0.15) is 0 Å². The molecule has 0 aliphatic carbocycles. The number of hydrogen-bond donors (Lipinski definition) is 0. The molecule has 0 saturated carbocycles. The van der Waals surface area contributed by atoms with Crippen molar-refractivity contribution in [1.29, 1.82) is 0 Å². The van der Waals surface area contributed by atoms with Gasteiger partial charge in [-0.05, 0) is 104 Å². The summed E-state index contributed by atoms with van der Waals surface area (Å²) in [6.07, 6.45) is 0.